The predicted molar refractivity (Wildman–Crippen MR) is 74.7 cm³/mol. The van der Waals surface area contributed by atoms with Gasteiger partial charge in [0.1, 0.15) is 11.7 Å². The van der Waals surface area contributed by atoms with E-state index >= 15 is 0 Å². The molecule has 0 radical (unpaired) electrons. The van der Waals surface area contributed by atoms with Crippen LogP contribution in [0.1, 0.15) is 23.2 Å². The third kappa shape index (κ3) is 2.59. The van der Waals surface area contributed by atoms with Gasteiger partial charge in [-0.2, -0.15) is 0 Å². The monoisotopic (exact) mass is 306 g/mol. The number of pyridine rings is 1. The van der Waals surface area contributed by atoms with Gasteiger partial charge in [0, 0.05) is 24.2 Å². The molecule has 3 N–H and O–H groups in total. The van der Waals surface area contributed by atoms with Crippen LogP contribution in [0.2, 0.25) is 5.02 Å². The highest BCUT2D eigenvalue weighted by atomic mass is 35.5. The van der Waals surface area contributed by atoms with Crippen molar-refractivity contribution in [2.24, 2.45) is 0 Å². The van der Waals surface area contributed by atoms with Gasteiger partial charge in [0.05, 0.1) is 10.6 Å². The number of carbonyl (C=O) groups is 3. The molecule has 108 valence electrons. The summed E-state index contributed by atoms with van der Waals surface area (Å²) < 4.78 is 0. The Balaban J connectivity index is 1.82. The number of hydrogen-bond donors (Lipinski definition) is 3. The second-order valence-corrected chi connectivity index (χ2v) is 5.17. The lowest BCUT2D eigenvalue weighted by molar-refractivity contribution is -0.134. The van der Waals surface area contributed by atoms with E-state index in [9.17, 15) is 14.4 Å². The van der Waals surface area contributed by atoms with Crippen molar-refractivity contribution in [1.29, 1.82) is 0 Å². The van der Waals surface area contributed by atoms with E-state index in [0.29, 0.717) is 21.6 Å². The number of imide groups is 1. The number of halogens is 1. The van der Waals surface area contributed by atoms with Crippen LogP contribution in [0.3, 0.4) is 0 Å². The average Bonchev–Trinajstić information content (AvgIpc) is 2.85. The first-order valence-electron chi connectivity index (χ1n) is 6.32. The fourth-order valence-corrected chi connectivity index (χ4v) is 2.39. The van der Waals surface area contributed by atoms with Crippen LogP contribution in [0.25, 0.3) is 11.0 Å². The zero-order chi connectivity index (χ0) is 15.0. The second kappa shape index (κ2) is 5.17. The number of aromatic amines is 1. The number of rotatable bonds is 2. The maximum Gasteiger partial charge on any atom is 0.254 e. The Morgan fingerprint density at radius 2 is 2.24 bits per heavy atom. The Bertz CT molecular complexity index is 755. The maximum absolute atomic E-state index is 12.3. The topological polar surface area (TPSA) is 104 Å². The first kappa shape index (κ1) is 13.6. The van der Waals surface area contributed by atoms with Gasteiger partial charge >= 0.3 is 0 Å². The van der Waals surface area contributed by atoms with Gasteiger partial charge in [-0.3, -0.25) is 19.7 Å². The number of hydrogen-bond acceptors (Lipinski definition) is 4. The van der Waals surface area contributed by atoms with E-state index in [1.54, 1.807) is 6.07 Å². The van der Waals surface area contributed by atoms with Crippen LogP contribution < -0.4 is 10.6 Å². The summed E-state index contributed by atoms with van der Waals surface area (Å²) in [5, 5.41) is 5.79. The Morgan fingerprint density at radius 1 is 1.43 bits per heavy atom. The first-order valence-corrected chi connectivity index (χ1v) is 6.69. The molecule has 1 aliphatic rings. The summed E-state index contributed by atoms with van der Waals surface area (Å²) in [5.74, 6) is -1.23. The van der Waals surface area contributed by atoms with Gasteiger partial charge in [-0.25, -0.2) is 4.98 Å². The largest absolute Gasteiger partial charge is 0.345 e. The molecule has 8 heteroatoms. The zero-order valence-corrected chi connectivity index (χ0v) is 11.5. The predicted octanol–water partition coefficient (Wildman–Crippen LogP) is 0.751. The molecule has 0 spiro atoms. The third-order valence-electron chi connectivity index (χ3n) is 3.29. The Hall–Kier alpha value is -2.41. The summed E-state index contributed by atoms with van der Waals surface area (Å²) in [6, 6.07) is 0.909. The molecule has 1 saturated heterocycles. The molecule has 3 heterocycles. The molecule has 3 amide bonds. The van der Waals surface area contributed by atoms with Crippen LogP contribution in [0.15, 0.2) is 18.5 Å². The molecule has 0 aliphatic carbocycles. The van der Waals surface area contributed by atoms with Crippen LogP contribution in [0, 0.1) is 0 Å². The number of nitrogens with one attached hydrogen (secondary N) is 3. The lowest BCUT2D eigenvalue weighted by atomic mass is 10.1. The van der Waals surface area contributed by atoms with Crippen molar-refractivity contribution in [2.75, 3.05) is 0 Å². The standard InChI is InChI=1S/C13H11ClN4O3/c14-6-3-7-8(5-16-11(7)15-4-6)12(20)17-9-1-2-10(19)18-13(9)21/h3-5,9H,1-2H2,(H,15,16)(H,17,20)(H,18,19,21). The number of aromatic nitrogens is 2. The first-order chi connectivity index (χ1) is 10.0. The van der Waals surface area contributed by atoms with E-state index in [2.05, 4.69) is 20.6 Å². The lowest BCUT2D eigenvalue weighted by Crippen LogP contribution is -2.52. The Morgan fingerprint density at radius 3 is 3.00 bits per heavy atom. The number of fused-ring (bicyclic) bond motifs is 1. The molecule has 1 unspecified atom stereocenters. The molecule has 1 fully saturated rings. The number of H-pyrrole nitrogens is 1. The molecular weight excluding hydrogens is 296 g/mol. The summed E-state index contributed by atoms with van der Waals surface area (Å²) in [4.78, 5) is 41.9. The molecular formula is C13H11ClN4O3. The highest BCUT2D eigenvalue weighted by Gasteiger charge is 2.28. The van der Waals surface area contributed by atoms with Crippen molar-refractivity contribution >= 4 is 40.4 Å². The van der Waals surface area contributed by atoms with Crippen LogP contribution >= 0.6 is 11.6 Å². The van der Waals surface area contributed by atoms with Gasteiger partial charge in [0.2, 0.25) is 11.8 Å². The third-order valence-corrected chi connectivity index (χ3v) is 3.49. The summed E-state index contributed by atoms with van der Waals surface area (Å²) in [7, 11) is 0. The minimum Gasteiger partial charge on any atom is -0.345 e. The summed E-state index contributed by atoms with van der Waals surface area (Å²) in [6.45, 7) is 0. The molecule has 7 nitrogen and oxygen atoms in total. The number of carbonyl (C=O) groups excluding carboxylic acids is 3. The SMILES string of the molecule is O=C1CCC(NC(=O)c2c[nH]c3ncc(Cl)cc23)C(=O)N1. The van der Waals surface area contributed by atoms with Crippen molar-refractivity contribution in [3.63, 3.8) is 0 Å². The molecule has 1 atom stereocenters. The lowest BCUT2D eigenvalue weighted by Gasteiger charge is -2.21. The molecule has 1 aliphatic heterocycles. The van der Waals surface area contributed by atoms with Crippen molar-refractivity contribution in [1.82, 2.24) is 20.6 Å². The normalized spacial score (nSPS) is 18.6. The van der Waals surface area contributed by atoms with E-state index in [1.807, 2.05) is 0 Å². The van der Waals surface area contributed by atoms with Gasteiger partial charge in [0.15, 0.2) is 0 Å². The molecule has 0 bridgehead atoms. The van der Waals surface area contributed by atoms with Crippen molar-refractivity contribution in [3.05, 3.63) is 29.0 Å². The second-order valence-electron chi connectivity index (χ2n) is 4.73. The van der Waals surface area contributed by atoms with E-state index in [4.69, 9.17) is 11.6 Å². The van der Waals surface area contributed by atoms with Crippen LogP contribution in [0.5, 0.6) is 0 Å². The molecule has 21 heavy (non-hydrogen) atoms. The van der Waals surface area contributed by atoms with Gasteiger partial charge in [-0.1, -0.05) is 11.6 Å². The molecule has 2 aromatic rings. The minimum atomic E-state index is -0.715. The minimum absolute atomic E-state index is 0.206. The van der Waals surface area contributed by atoms with Gasteiger partial charge in [-0.05, 0) is 12.5 Å². The molecule has 3 rings (SSSR count). The van der Waals surface area contributed by atoms with Crippen LogP contribution in [0.4, 0.5) is 0 Å². The van der Waals surface area contributed by atoms with E-state index < -0.39 is 17.9 Å². The number of piperidine rings is 1. The van der Waals surface area contributed by atoms with E-state index in [1.165, 1.54) is 12.4 Å². The van der Waals surface area contributed by atoms with Crippen LogP contribution in [-0.4, -0.2) is 33.7 Å². The van der Waals surface area contributed by atoms with Crippen LogP contribution in [-0.2, 0) is 9.59 Å². The fourth-order valence-electron chi connectivity index (χ4n) is 2.23. The summed E-state index contributed by atoms with van der Waals surface area (Å²) >= 11 is 5.87. The molecule has 0 aromatic carbocycles. The molecule has 0 saturated carbocycles. The highest BCUT2D eigenvalue weighted by molar-refractivity contribution is 6.31. The number of amides is 3. The maximum atomic E-state index is 12.3. The summed E-state index contributed by atoms with van der Waals surface area (Å²) in [5.41, 5.74) is 0.887. The van der Waals surface area contributed by atoms with Gasteiger partial charge in [-0.15, -0.1) is 0 Å². The highest BCUT2D eigenvalue weighted by Crippen LogP contribution is 2.20. The molecule has 2 aromatic heterocycles. The Labute approximate surface area is 124 Å². The van der Waals surface area contributed by atoms with E-state index in [0.717, 1.165) is 0 Å². The zero-order valence-electron chi connectivity index (χ0n) is 10.8. The smallest absolute Gasteiger partial charge is 0.254 e. The van der Waals surface area contributed by atoms with Crippen molar-refractivity contribution in [2.45, 2.75) is 18.9 Å². The quantitative estimate of drug-likeness (QED) is 0.712. The fraction of sp³-hybridized carbons (Fsp3) is 0.231. The van der Waals surface area contributed by atoms with Crippen molar-refractivity contribution < 1.29 is 14.4 Å². The van der Waals surface area contributed by atoms with E-state index in [-0.39, 0.29) is 18.7 Å². The van der Waals surface area contributed by atoms with Gasteiger partial charge in [0.25, 0.3) is 5.91 Å². The van der Waals surface area contributed by atoms with Gasteiger partial charge < -0.3 is 10.3 Å². The Kier molecular flexibility index (Phi) is 3.34. The average molecular weight is 307 g/mol. The number of nitrogens with zero attached hydrogens (tertiary/aromatic N) is 1. The van der Waals surface area contributed by atoms with Crippen molar-refractivity contribution in [3.8, 4) is 0 Å². The summed E-state index contributed by atoms with van der Waals surface area (Å²) in [6.07, 6.45) is 3.48.